The molecule has 0 atom stereocenters. The first-order chi connectivity index (χ1) is 15.0. The highest BCUT2D eigenvalue weighted by Gasteiger charge is 2.13. The lowest BCUT2D eigenvalue weighted by molar-refractivity contribution is -0.112. The van der Waals surface area contributed by atoms with Crippen LogP contribution in [-0.2, 0) is 11.4 Å². The molecular formula is C24H18F2N2O3. The molecule has 3 aromatic carbocycles. The number of carbonyl (C=O) groups is 1. The van der Waals surface area contributed by atoms with E-state index in [0.717, 1.165) is 0 Å². The molecule has 0 fully saturated rings. The van der Waals surface area contributed by atoms with Gasteiger partial charge >= 0.3 is 0 Å². The number of nitrogens with zero attached hydrogens (tertiary/aromatic N) is 1. The van der Waals surface area contributed by atoms with Gasteiger partial charge in [-0.2, -0.15) is 5.26 Å². The number of hydrogen-bond donors (Lipinski definition) is 1. The normalized spacial score (nSPS) is 10.8. The molecule has 31 heavy (non-hydrogen) atoms. The molecule has 0 aromatic heterocycles. The van der Waals surface area contributed by atoms with Gasteiger partial charge in [-0.3, -0.25) is 4.79 Å². The molecule has 7 heteroatoms. The molecule has 0 heterocycles. The van der Waals surface area contributed by atoms with Crippen molar-refractivity contribution >= 4 is 17.7 Å². The van der Waals surface area contributed by atoms with Crippen LogP contribution in [-0.4, -0.2) is 13.0 Å². The van der Waals surface area contributed by atoms with E-state index in [1.807, 2.05) is 6.07 Å². The molecule has 1 N–H and O–H groups in total. The van der Waals surface area contributed by atoms with Crippen LogP contribution in [0.15, 0.2) is 72.3 Å². The minimum Gasteiger partial charge on any atom is -0.493 e. The van der Waals surface area contributed by atoms with Gasteiger partial charge in [0.1, 0.15) is 29.9 Å². The van der Waals surface area contributed by atoms with Gasteiger partial charge in [0.15, 0.2) is 11.5 Å². The summed E-state index contributed by atoms with van der Waals surface area (Å²) in [5, 5.41) is 11.7. The SMILES string of the molecule is COc1cc(/C=C(/C#N)C(=O)Nc2ccccc2F)ccc1OCc1ccccc1F. The second-order valence-electron chi connectivity index (χ2n) is 6.39. The number of amides is 1. The number of benzene rings is 3. The summed E-state index contributed by atoms with van der Waals surface area (Å²) in [5.41, 5.74) is 0.647. The van der Waals surface area contributed by atoms with Crippen LogP contribution >= 0.6 is 0 Å². The zero-order valence-electron chi connectivity index (χ0n) is 16.6. The maximum Gasteiger partial charge on any atom is 0.266 e. The monoisotopic (exact) mass is 420 g/mol. The molecule has 1 amide bonds. The Labute approximate surface area is 178 Å². The predicted molar refractivity (Wildman–Crippen MR) is 112 cm³/mol. The fourth-order valence-electron chi connectivity index (χ4n) is 2.73. The fourth-order valence-corrected chi connectivity index (χ4v) is 2.73. The van der Waals surface area contributed by atoms with Crippen LogP contribution < -0.4 is 14.8 Å². The second-order valence-corrected chi connectivity index (χ2v) is 6.39. The van der Waals surface area contributed by atoms with Gasteiger partial charge in [-0.25, -0.2) is 8.78 Å². The van der Waals surface area contributed by atoms with E-state index in [1.165, 1.54) is 37.5 Å². The van der Waals surface area contributed by atoms with E-state index in [9.17, 15) is 18.8 Å². The Bertz CT molecular complexity index is 1170. The molecule has 3 rings (SSSR count). The van der Waals surface area contributed by atoms with Crippen LogP contribution in [0.2, 0.25) is 0 Å². The zero-order chi connectivity index (χ0) is 22.2. The zero-order valence-corrected chi connectivity index (χ0v) is 16.6. The summed E-state index contributed by atoms with van der Waals surface area (Å²) >= 11 is 0. The van der Waals surface area contributed by atoms with E-state index < -0.39 is 11.7 Å². The summed E-state index contributed by atoms with van der Waals surface area (Å²) in [5.74, 6) is -1.01. The summed E-state index contributed by atoms with van der Waals surface area (Å²) in [7, 11) is 1.44. The van der Waals surface area contributed by atoms with Crippen LogP contribution in [0, 0.1) is 23.0 Å². The molecule has 0 saturated carbocycles. The first-order valence-corrected chi connectivity index (χ1v) is 9.23. The summed E-state index contributed by atoms with van der Waals surface area (Å²) in [6.45, 7) is 0.00666. The lowest BCUT2D eigenvalue weighted by Crippen LogP contribution is -2.14. The summed E-state index contributed by atoms with van der Waals surface area (Å²) in [6, 6.07) is 18.5. The maximum atomic E-state index is 13.8. The molecule has 0 spiro atoms. The molecule has 0 aliphatic heterocycles. The van der Waals surface area contributed by atoms with Crippen LogP contribution in [0.3, 0.4) is 0 Å². The van der Waals surface area contributed by atoms with Crippen molar-refractivity contribution < 1.29 is 23.0 Å². The molecule has 156 valence electrons. The summed E-state index contributed by atoms with van der Waals surface area (Å²) < 4.78 is 38.5. The van der Waals surface area contributed by atoms with Crippen molar-refractivity contribution in [1.29, 1.82) is 5.26 Å². The van der Waals surface area contributed by atoms with Gasteiger partial charge in [0.05, 0.1) is 12.8 Å². The number of nitriles is 1. The Kier molecular flexibility index (Phi) is 6.97. The lowest BCUT2D eigenvalue weighted by Gasteiger charge is -2.12. The van der Waals surface area contributed by atoms with Gasteiger partial charge < -0.3 is 14.8 Å². The Morgan fingerprint density at radius 2 is 1.74 bits per heavy atom. The Hall–Kier alpha value is -4.18. The van der Waals surface area contributed by atoms with Crippen LogP contribution in [0.4, 0.5) is 14.5 Å². The van der Waals surface area contributed by atoms with Crippen LogP contribution in [0.25, 0.3) is 6.08 Å². The summed E-state index contributed by atoms with van der Waals surface area (Å²) in [4.78, 5) is 12.4. The largest absolute Gasteiger partial charge is 0.493 e. The van der Waals surface area contributed by atoms with Gasteiger partial charge in [0.25, 0.3) is 5.91 Å². The van der Waals surface area contributed by atoms with Crippen LogP contribution in [0.5, 0.6) is 11.5 Å². The van der Waals surface area contributed by atoms with Gasteiger partial charge in [-0.15, -0.1) is 0 Å². The molecule has 0 radical (unpaired) electrons. The number of hydrogen-bond acceptors (Lipinski definition) is 4. The average molecular weight is 420 g/mol. The number of anilines is 1. The third kappa shape index (κ3) is 5.46. The van der Waals surface area contributed by atoms with Crippen molar-refractivity contribution in [1.82, 2.24) is 0 Å². The van der Waals surface area contributed by atoms with Gasteiger partial charge in [-0.05, 0) is 42.0 Å². The molecular weight excluding hydrogens is 402 g/mol. The topological polar surface area (TPSA) is 71.3 Å². The van der Waals surface area contributed by atoms with E-state index >= 15 is 0 Å². The highest BCUT2D eigenvalue weighted by atomic mass is 19.1. The van der Waals surface area contributed by atoms with Gasteiger partial charge in [0, 0.05) is 5.56 Å². The van der Waals surface area contributed by atoms with E-state index in [2.05, 4.69) is 5.32 Å². The molecule has 0 aliphatic rings. The number of carbonyl (C=O) groups excluding carboxylic acids is 1. The van der Waals surface area contributed by atoms with E-state index in [1.54, 1.807) is 42.5 Å². The number of halogens is 2. The fraction of sp³-hybridized carbons (Fsp3) is 0.0833. The Morgan fingerprint density at radius 3 is 2.42 bits per heavy atom. The first kappa shape index (κ1) is 21.5. The average Bonchev–Trinajstić information content (AvgIpc) is 2.78. The highest BCUT2D eigenvalue weighted by molar-refractivity contribution is 6.09. The van der Waals surface area contributed by atoms with Crippen LogP contribution in [0.1, 0.15) is 11.1 Å². The van der Waals surface area contributed by atoms with Crippen molar-refractivity contribution in [3.05, 3.63) is 95.1 Å². The number of para-hydroxylation sites is 1. The molecule has 5 nitrogen and oxygen atoms in total. The Morgan fingerprint density at radius 1 is 1.03 bits per heavy atom. The minimum atomic E-state index is -0.744. The number of rotatable bonds is 7. The van der Waals surface area contributed by atoms with Crippen molar-refractivity contribution in [3.8, 4) is 17.6 Å². The van der Waals surface area contributed by atoms with Crippen molar-refractivity contribution in [3.63, 3.8) is 0 Å². The van der Waals surface area contributed by atoms with Crippen molar-refractivity contribution in [2.75, 3.05) is 12.4 Å². The quantitative estimate of drug-likeness (QED) is 0.427. The number of ether oxygens (including phenoxy) is 2. The summed E-state index contributed by atoms with van der Waals surface area (Å²) in [6.07, 6.45) is 1.35. The van der Waals surface area contributed by atoms with Gasteiger partial charge in [0.2, 0.25) is 0 Å². The lowest BCUT2D eigenvalue weighted by atomic mass is 10.1. The van der Waals surface area contributed by atoms with E-state index in [4.69, 9.17) is 9.47 Å². The maximum absolute atomic E-state index is 13.8. The van der Waals surface area contributed by atoms with E-state index in [-0.39, 0.29) is 23.7 Å². The molecule has 0 bridgehead atoms. The molecule has 0 aliphatic carbocycles. The molecule has 0 saturated heterocycles. The predicted octanol–water partition coefficient (Wildman–Crippen LogP) is 5.10. The minimum absolute atomic E-state index is 0.00666. The number of methoxy groups -OCH3 is 1. The Balaban J connectivity index is 1.77. The van der Waals surface area contributed by atoms with Crippen molar-refractivity contribution in [2.24, 2.45) is 0 Å². The number of nitrogens with one attached hydrogen (secondary N) is 1. The van der Waals surface area contributed by atoms with E-state index in [0.29, 0.717) is 22.6 Å². The molecule has 3 aromatic rings. The first-order valence-electron chi connectivity index (χ1n) is 9.23. The highest BCUT2D eigenvalue weighted by Crippen LogP contribution is 2.30. The third-order valence-electron chi connectivity index (χ3n) is 4.33. The standard InChI is InChI=1S/C24H18F2N2O3/c1-30-23-13-16(10-11-22(23)31-15-17-6-2-3-7-19(17)25)12-18(14-27)24(29)28-21-9-5-4-8-20(21)26/h2-13H,15H2,1H3,(H,28,29)/b18-12-. The van der Waals surface area contributed by atoms with Gasteiger partial charge in [-0.1, -0.05) is 36.4 Å². The third-order valence-corrected chi connectivity index (χ3v) is 4.33. The molecule has 0 unspecified atom stereocenters. The van der Waals surface area contributed by atoms with Crippen molar-refractivity contribution in [2.45, 2.75) is 6.61 Å². The smallest absolute Gasteiger partial charge is 0.266 e. The second kappa shape index (κ2) is 10.0.